The number of hydroxylamine groups is 1. The van der Waals surface area contributed by atoms with Crippen molar-refractivity contribution in [2.45, 2.75) is 43.2 Å². The molecule has 1 aliphatic heterocycles. The molecule has 3 unspecified atom stereocenters. The molecule has 2 aromatic rings. The SMILES string of the molecule is N#Cc1ccc(Oc2ccc(S(=O)(=O)N3CCC4CCCCC4C3OC(=O)NO)cc2)cc1. The van der Waals surface area contributed by atoms with E-state index in [0.29, 0.717) is 23.5 Å². The number of carbonyl (C=O) groups is 1. The Bertz CT molecular complexity index is 1130. The van der Waals surface area contributed by atoms with Gasteiger partial charge >= 0.3 is 6.09 Å². The van der Waals surface area contributed by atoms with Crippen LogP contribution < -0.4 is 10.2 Å². The first-order chi connectivity index (χ1) is 15.9. The molecular formula is C23H25N3O6S. The van der Waals surface area contributed by atoms with Crippen LogP contribution in [0.5, 0.6) is 11.5 Å². The van der Waals surface area contributed by atoms with Gasteiger partial charge in [-0.2, -0.15) is 9.57 Å². The molecule has 174 valence electrons. The van der Waals surface area contributed by atoms with E-state index >= 15 is 0 Å². The highest BCUT2D eigenvalue weighted by atomic mass is 32.2. The Morgan fingerprint density at radius 2 is 1.67 bits per heavy atom. The number of rotatable bonds is 5. The first-order valence-electron chi connectivity index (χ1n) is 10.8. The average Bonchev–Trinajstić information content (AvgIpc) is 2.85. The quantitative estimate of drug-likeness (QED) is 0.498. The summed E-state index contributed by atoms with van der Waals surface area (Å²) in [6, 6.07) is 14.6. The van der Waals surface area contributed by atoms with E-state index in [0.717, 1.165) is 25.7 Å². The molecule has 2 fully saturated rings. The summed E-state index contributed by atoms with van der Waals surface area (Å²) in [5.41, 5.74) is 1.95. The maximum absolute atomic E-state index is 13.5. The Morgan fingerprint density at radius 1 is 1.03 bits per heavy atom. The molecule has 4 rings (SSSR count). The molecule has 1 heterocycles. The number of nitrogens with zero attached hydrogens (tertiary/aromatic N) is 2. The van der Waals surface area contributed by atoms with Crippen LogP contribution in [-0.4, -0.2) is 36.8 Å². The lowest BCUT2D eigenvalue weighted by Gasteiger charge is -2.45. The van der Waals surface area contributed by atoms with Crippen molar-refractivity contribution in [3.05, 3.63) is 54.1 Å². The van der Waals surface area contributed by atoms with Gasteiger partial charge in [0.15, 0.2) is 6.23 Å². The number of fused-ring (bicyclic) bond motifs is 1. The number of carbonyl (C=O) groups excluding carboxylic acids is 1. The molecule has 1 saturated heterocycles. The van der Waals surface area contributed by atoms with Crippen molar-refractivity contribution in [2.24, 2.45) is 11.8 Å². The van der Waals surface area contributed by atoms with Crippen LogP contribution in [0.1, 0.15) is 37.7 Å². The van der Waals surface area contributed by atoms with Crippen LogP contribution >= 0.6 is 0 Å². The maximum Gasteiger partial charge on any atom is 0.432 e. The lowest BCUT2D eigenvalue weighted by atomic mass is 9.74. The van der Waals surface area contributed by atoms with E-state index in [4.69, 9.17) is 19.9 Å². The number of nitrogens with one attached hydrogen (secondary N) is 1. The summed E-state index contributed by atoms with van der Waals surface area (Å²) in [5.74, 6) is 1.13. The van der Waals surface area contributed by atoms with Gasteiger partial charge in [-0.05, 0) is 73.7 Å². The molecule has 0 bridgehead atoms. The summed E-state index contributed by atoms with van der Waals surface area (Å²) in [6.07, 6.45) is 2.40. The molecule has 1 amide bonds. The molecule has 1 aliphatic carbocycles. The van der Waals surface area contributed by atoms with Gasteiger partial charge in [0.1, 0.15) is 11.5 Å². The Hall–Kier alpha value is -3.13. The smallest absolute Gasteiger partial charge is 0.432 e. The molecule has 2 aromatic carbocycles. The second-order valence-corrected chi connectivity index (χ2v) is 10.1. The van der Waals surface area contributed by atoms with E-state index in [1.807, 2.05) is 6.07 Å². The summed E-state index contributed by atoms with van der Waals surface area (Å²) >= 11 is 0. The van der Waals surface area contributed by atoms with E-state index in [1.54, 1.807) is 36.4 Å². The Labute approximate surface area is 192 Å². The minimum Gasteiger partial charge on any atom is -0.457 e. The fourth-order valence-corrected chi connectivity index (χ4v) is 6.26. The summed E-state index contributed by atoms with van der Waals surface area (Å²) in [5, 5.41) is 17.8. The Balaban J connectivity index is 1.55. The van der Waals surface area contributed by atoms with Crippen LogP contribution in [0, 0.1) is 23.2 Å². The molecule has 1 saturated carbocycles. The van der Waals surface area contributed by atoms with Crippen molar-refractivity contribution in [2.75, 3.05) is 6.54 Å². The first kappa shape index (κ1) is 23.0. The van der Waals surface area contributed by atoms with E-state index in [1.165, 1.54) is 21.9 Å². The van der Waals surface area contributed by atoms with E-state index < -0.39 is 22.3 Å². The van der Waals surface area contributed by atoms with Crippen molar-refractivity contribution in [3.8, 4) is 17.6 Å². The molecule has 0 spiro atoms. The third-order valence-electron chi connectivity index (χ3n) is 6.31. The fourth-order valence-electron chi connectivity index (χ4n) is 4.69. The highest BCUT2D eigenvalue weighted by Crippen LogP contribution is 2.42. The second kappa shape index (κ2) is 9.79. The van der Waals surface area contributed by atoms with Crippen molar-refractivity contribution >= 4 is 16.1 Å². The molecule has 2 N–H and O–H groups in total. The zero-order valence-corrected chi connectivity index (χ0v) is 18.7. The van der Waals surface area contributed by atoms with Crippen LogP contribution in [-0.2, 0) is 14.8 Å². The van der Waals surface area contributed by atoms with Crippen LogP contribution in [0.15, 0.2) is 53.4 Å². The van der Waals surface area contributed by atoms with Crippen LogP contribution in [0.4, 0.5) is 4.79 Å². The summed E-state index contributed by atoms with van der Waals surface area (Å²) in [4.78, 5) is 11.8. The van der Waals surface area contributed by atoms with Crippen LogP contribution in [0.2, 0.25) is 0 Å². The molecule has 33 heavy (non-hydrogen) atoms. The number of nitriles is 1. The number of hydrogen-bond donors (Lipinski definition) is 2. The lowest BCUT2D eigenvalue weighted by molar-refractivity contribution is -0.0756. The average molecular weight is 472 g/mol. The summed E-state index contributed by atoms with van der Waals surface area (Å²) < 4.78 is 39.2. The number of hydrogen-bond acceptors (Lipinski definition) is 7. The minimum atomic E-state index is -3.96. The standard InChI is InChI=1S/C23H25N3O6S/c24-15-16-5-7-18(8-6-16)31-19-9-11-20(12-10-19)33(29,30)26-14-13-17-3-1-2-4-21(17)22(26)32-23(27)25-28/h5-12,17,21-22,28H,1-4,13-14H2,(H,25,27). The van der Waals surface area contributed by atoms with Gasteiger partial charge in [-0.3, -0.25) is 5.21 Å². The van der Waals surface area contributed by atoms with Gasteiger partial charge in [-0.15, -0.1) is 0 Å². The second-order valence-electron chi connectivity index (χ2n) is 8.23. The van der Waals surface area contributed by atoms with Gasteiger partial charge in [0.05, 0.1) is 16.5 Å². The number of sulfonamides is 1. The normalized spacial score (nSPS) is 23.1. The number of ether oxygens (including phenoxy) is 2. The Kier molecular flexibility index (Phi) is 6.83. The zero-order valence-electron chi connectivity index (χ0n) is 17.9. The first-order valence-corrected chi connectivity index (χ1v) is 12.3. The number of piperidine rings is 1. The van der Waals surface area contributed by atoms with Gasteiger partial charge in [-0.25, -0.2) is 18.7 Å². The maximum atomic E-state index is 13.5. The van der Waals surface area contributed by atoms with Gasteiger partial charge in [-0.1, -0.05) is 12.8 Å². The van der Waals surface area contributed by atoms with Crippen LogP contribution in [0.3, 0.4) is 0 Å². The fraction of sp³-hybridized carbons (Fsp3) is 0.391. The predicted molar refractivity (Wildman–Crippen MR) is 117 cm³/mol. The van der Waals surface area contributed by atoms with Crippen molar-refractivity contribution in [1.29, 1.82) is 5.26 Å². The highest BCUT2D eigenvalue weighted by molar-refractivity contribution is 7.89. The molecule has 0 radical (unpaired) electrons. The third-order valence-corrected chi connectivity index (χ3v) is 8.18. The third kappa shape index (κ3) is 4.95. The van der Waals surface area contributed by atoms with E-state index in [9.17, 15) is 13.2 Å². The molecule has 0 aromatic heterocycles. The monoisotopic (exact) mass is 471 g/mol. The van der Waals surface area contributed by atoms with Gasteiger partial charge in [0, 0.05) is 12.5 Å². The van der Waals surface area contributed by atoms with Gasteiger partial charge in [0.2, 0.25) is 10.0 Å². The predicted octanol–water partition coefficient (Wildman–Crippen LogP) is 3.99. The summed E-state index contributed by atoms with van der Waals surface area (Å²) in [7, 11) is -3.96. The topological polar surface area (TPSA) is 129 Å². The highest BCUT2D eigenvalue weighted by Gasteiger charge is 2.46. The zero-order chi connectivity index (χ0) is 23.4. The lowest BCUT2D eigenvalue weighted by Crippen LogP contribution is -2.54. The summed E-state index contributed by atoms with van der Waals surface area (Å²) in [6.45, 7) is 0.233. The van der Waals surface area contributed by atoms with E-state index in [-0.39, 0.29) is 23.3 Å². The van der Waals surface area contributed by atoms with Crippen molar-refractivity contribution < 1.29 is 27.9 Å². The van der Waals surface area contributed by atoms with E-state index in [2.05, 4.69) is 0 Å². The molecule has 9 nitrogen and oxygen atoms in total. The molecule has 3 atom stereocenters. The molecular weight excluding hydrogens is 446 g/mol. The van der Waals surface area contributed by atoms with Crippen molar-refractivity contribution in [3.63, 3.8) is 0 Å². The molecule has 2 aliphatic rings. The number of amides is 1. The van der Waals surface area contributed by atoms with Crippen LogP contribution in [0.25, 0.3) is 0 Å². The van der Waals surface area contributed by atoms with Gasteiger partial charge in [0.25, 0.3) is 0 Å². The molecule has 10 heteroatoms. The van der Waals surface area contributed by atoms with Crippen molar-refractivity contribution in [1.82, 2.24) is 9.79 Å². The number of benzene rings is 2. The minimum absolute atomic E-state index is 0.0574. The van der Waals surface area contributed by atoms with Gasteiger partial charge < -0.3 is 9.47 Å². The largest absolute Gasteiger partial charge is 0.457 e. The Morgan fingerprint density at radius 3 is 2.30 bits per heavy atom.